The topological polar surface area (TPSA) is 40.8 Å². The van der Waals surface area contributed by atoms with Crippen molar-refractivity contribution >= 4 is 54.6 Å². The molecule has 4 aromatic heterocycles. The quantitative estimate of drug-likeness (QED) is 0.123. The number of rotatable bonds is 6. The van der Waals surface area contributed by atoms with Crippen molar-refractivity contribution in [2.24, 2.45) is 0 Å². The van der Waals surface area contributed by atoms with E-state index in [1.165, 1.54) is 27.5 Å². The van der Waals surface area contributed by atoms with Gasteiger partial charge >= 0.3 is 0 Å². The Bertz CT molecular complexity index is 4780. The van der Waals surface area contributed by atoms with Gasteiger partial charge in [-0.3, -0.25) is 4.57 Å². The van der Waals surface area contributed by atoms with Gasteiger partial charge in [-0.2, -0.15) is 18.2 Å². The Morgan fingerprint density at radius 2 is 0.975 bits per heavy atom. The Balaban J connectivity index is 0.00000589. The minimum Gasteiger partial charge on any atom is -0.510 e. The number of para-hydroxylation sites is 4. The number of imidazole rings is 1. The van der Waals surface area contributed by atoms with E-state index in [2.05, 4.69) is 278 Å². The number of ether oxygens (including phenoxy) is 1. The molecule has 0 unspecified atom stereocenters. The van der Waals surface area contributed by atoms with E-state index >= 15 is 0 Å². The van der Waals surface area contributed by atoms with Crippen molar-refractivity contribution in [2.75, 3.05) is 0 Å². The third-order valence-corrected chi connectivity index (χ3v) is 16.2. The molecule has 0 saturated carbocycles. The fraction of sp³-hybridized carbons (Fsp3) is 0.108. The molecule has 10 aromatic carbocycles. The summed E-state index contributed by atoms with van der Waals surface area (Å²) in [7, 11) is 0. The molecule has 7 heteroatoms. The predicted octanol–water partition coefficient (Wildman–Crippen LogP) is 18.3. The van der Waals surface area contributed by atoms with Gasteiger partial charge in [0.05, 0.1) is 27.8 Å². The van der Waals surface area contributed by atoms with Crippen molar-refractivity contribution < 1.29 is 30.4 Å². The first kappa shape index (κ1) is 50.2. The molecule has 394 valence electrons. The zero-order chi connectivity index (χ0) is 54.0. The number of aromatic nitrogens is 5. The summed E-state index contributed by atoms with van der Waals surface area (Å²) in [5.41, 5.74) is 20.5. The van der Waals surface area contributed by atoms with Crippen LogP contribution in [0, 0.1) is 18.5 Å². The van der Waals surface area contributed by atoms with Gasteiger partial charge in [-0.1, -0.05) is 193 Å². The first-order valence-corrected chi connectivity index (χ1v) is 27.5. The van der Waals surface area contributed by atoms with Crippen LogP contribution in [-0.4, -0.2) is 18.7 Å². The van der Waals surface area contributed by atoms with Crippen LogP contribution >= 0.6 is 0 Å². The fourth-order valence-electron chi connectivity index (χ4n) is 12.3. The fourth-order valence-corrected chi connectivity index (χ4v) is 12.3. The number of benzene rings is 10. The number of fused-ring (bicyclic) bond motifs is 13. The smallest absolute Gasteiger partial charge is 0.268 e. The average Bonchev–Trinajstić information content (AvgIpc) is 3.29. The van der Waals surface area contributed by atoms with Gasteiger partial charge in [-0.25, -0.2) is 4.98 Å². The molecule has 0 radical (unpaired) electrons. The van der Waals surface area contributed by atoms with Crippen molar-refractivity contribution in [1.29, 1.82) is 0 Å². The molecule has 81 heavy (non-hydrogen) atoms. The minimum absolute atomic E-state index is 0. The molecule has 0 saturated heterocycles. The van der Waals surface area contributed by atoms with E-state index in [9.17, 15) is 0 Å². The van der Waals surface area contributed by atoms with E-state index in [0.29, 0.717) is 11.5 Å². The molecule has 0 amide bonds. The Morgan fingerprint density at radius 3 is 1.63 bits per heavy atom. The van der Waals surface area contributed by atoms with E-state index < -0.39 is 0 Å². The van der Waals surface area contributed by atoms with Crippen molar-refractivity contribution in [3.8, 4) is 78.9 Å². The predicted molar refractivity (Wildman–Crippen MR) is 327 cm³/mol. The molecule has 1 aliphatic rings. The maximum Gasteiger partial charge on any atom is 0.268 e. The van der Waals surface area contributed by atoms with E-state index in [-0.39, 0.29) is 31.9 Å². The number of hydrogen-bond acceptors (Lipinski definition) is 2. The van der Waals surface area contributed by atoms with Gasteiger partial charge in [0.1, 0.15) is 5.82 Å². The second kappa shape index (κ2) is 19.0. The summed E-state index contributed by atoms with van der Waals surface area (Å²) in [6, 6.07) is 86.4. The summed E-state index contributed by atoms with van der Waals surface area (Å²) in [6.07, 6.45) is 5.95. The van der Waals surface area contributed by atoms with Crippen LogP contribution in [0.15, 0.2) is 225 Å². The van der Waals surface area contributed by atoms with Gasteiger partial charge in [-0.15, -0.1) is 29.7 Å². The van der Waals surface area contributed by atoms with Gasteiger partial charge in [-0.05, 0) is 120 Å². The van der Waals surface area contributed by atoms with Gasteiger partial charge < -0.3 is 18.4 Å². The summed E-state index contributed by atoms with van der Waals surface area (Å²) < 4.78 is 16.0. The Morgan fingerprint density at radius 1 is 0.432 bits per heavy atom. The van der Waals surface area contributed by atoms with Crippen LogP contribution < -0.4 is 9.30 Å². The molecule has 0 aliphatic carbocycles. The van der Waals surface area contributed by atoms with Crippen molar-refractivity contribution in [1.82, 2.24) is 18.7 Å². The Kier molecular flexibility index (Phi) is 11.8. The van der Waals surface area contributed by atoms with E-state index in [1.807, 2.05) is 24.4 Å². The maximum absolute atomic E-state index is 6.90. The monoisotopic (exact) mass is 1220 g/mol. The van der Waals surface area contributed by atoms with E-state index in [0.717, 1.165) is 106 Å². The van der Waals surface area contributed by atoms with Gasteiger partial charge in [0.2, 0.25) is 0 Å². The normalized spacial score (nSPS) is 12.2. The first-order valence-electron chi connectivity index (χ1n) is 27.5. The van der Waals surface area contributed by atoms with Crippen LogP contribution in [0.2, 0.25) is 0 Å². The van der Waals surface area contributed by atoms with Crippen LogP contribution in [0.3, 0.4) is 0 Å². The molecule has 15 rings (SSSR count). The zero-order valence-corrected chi connectivity index (χ0v) is 48.1. The third kappa shape index (κ3) is 8.18. The number of hydrogen-bond donors (Lipinski definition) is 0. The third-order valence-electron chi connectivity index (χ3n) is 16.2. The molecule has 14 aromatic rings. The van der Waals surface area contributed by atoms with Crippen molar-refractivity contribution in [2.45, 2.75) is 52.4 Å². The van der Waals surface area contributed by atoms with Crippen LogP contribution in [0.5, 0.6) is 11.5 Å². The van der Waals surface area contributed by atoms with E-state index in [4.69, 9.17) is 9.72 Å². The second-order valence-corrected chi connectivity index (χ2v) is 23.2. The van der Waals surface area contributed by atoms with Crippen LogP contribution in [-0.2, 0) is 31.9 Å². The number of nitrogens with zero attached hydrogens (tertiary/aromatic N) is 5. The number of pyridine rings is 1. The maximum atomic E-state index is 6.90. The molecule has 0 N–H and O–H groups in total. The van der Waals surface area contributed by atoms with Crippen molar-refractivity contribution in [3.05, 3.63) is 254 Å². The van der Waals surface area contributed by atoms with Crippen molar-refractivity contribution in [3.63, 3.8) is 0 Å². The average molecular weight is 1230 g/mol. The van der Waals surface area contributed by atoms with Crippen LogP contribution in [0.4, 0.5) is 0 Å². The first-order chi connectivity index (χ1) is 38.9. The summed E-state index contributed by atoms with van der Waals surface area (Å²) in [6.45, 7) is 13.5. The summed E-state index contributed by atoms with van der Waals surface area (Å²) >= 11 is 0. The molecular formula is C74H55N5OPt-2. The zero-order valence-electron chi connectivity index (χ0n) is 45.8. The summed E-state index contributed by atoms with van der Waals surface area (Å²) in [5, 5.41) is 4.60. The summed E-state index contributed by atoms with van der Waals surface area (Å²) in [4.78, 5) is 4.93. The van der Waals surface area contributed by atoms with Crippen LogP contribution in [0.1, 0.15) is 52.7 Å². The molecule has 0 spiro atoms. The van der Waals surface area contributed by atoms with Gasteiger partial charge in [0, 0.05) is 60.7 Å². The molecule has 0 atom stereocenters. The molecule has 0 bridgehead atoms. The molecule has 1 aliphatic heterocycles. The largest absolute Gasteiger partial charge is 0.510 e. The standard InChI is InChI=1S/C74H55N5O.Pt/c1-73(2,3)48-35-33-47(34-36-48)54-28-18-29-63-57-23-9-7-21-55(57)56-22-8-10-24-58(56)64-43-51(78-65-30-14-11-25-59(65)60-26-12-15-31-66(60)78)44-69-72(64)77(71(54)63)46-76(69)50-19-17-20-52(42-50)80-53-37-38-62-61-27-13-16-32-67(61)79(68(62)45-53)70-41-49(39-40-75-70)74(4,5)6;/h7-41,43-44H,1-6H3;/q-2;. The molecule has 0 fully saturated rings. The SMILES string of the molecule is CC(C)(C)c1ccc(-c2cccc3c2-[n+]2[c-]n(-c4[c-]c(Oc5[c-]c6c(cc5)c5ccccc5n6-c5cc(C(C)(C)C)ccn5)ccc4)c4cc(-n5c6ccccc6c6ccccc65)cc(c42)-c2ccccc2-c2ccccc2-3)cc1.[Pt]. The molecule has 5 heterocycles. The van der Waals surface area contributed by atoms with Gasteiger partial charge in [0.15, 0.2) is 0 Å². The molecule has 6 nitrogen and oxygen atoms in total. The summed E-state index contributed by atoms with van der Waals surface area (Å²) in [5.74, 6) is 1.96. The van der Waals surface area contributed by atoms with Crippen LogP contribution in [0.25, 0.3) is 122 Å². The minimum atomic E-state index is -0.0549. The van der Waals surface area contributed by atoms with E-state index in [1.54, 1.807) is 0 Å². The van der Waals surface area contributed by atoms with Gasteiger partial charge in [0.25, 0.3) is 6.33 Å². The second-order valence-electron chi connectivity index (χ2n) is 23.2. The molecular weight excluding hydrogens is 1170 g/mol. The Hall–Kier alpha value is -9.09. The Labute approximate surface area is 486 Å².